The van der Waals surface area contributed by atoms with E-state index < -0.39 is 91.4 Å². The zero-order chi connectivity index (χ0) is 24.3. The first-order chi connectivity index (χ1) is 14.2. The van der Waals surface area contributed by atoms with E-state index in [4.69, 9.17) is 26.8 Å². The maximum Gasteiger partial charge on any atom is 0.325 e. The summed E-state index contributed by atoms with van der Waals surface area (Å²) in [5, 5.41) is 32.6. The Morgan fingerprint density at radius 1 is 0.774 bits per heavy atom. The molecule has 0 saturated heterocycles. The average Bonchev–Trinajstić information content (AvgIpc) is 2.62. The molecule has 15 heteroatoms. The van der Waals surface area contributed by atoms with Crippen LogP contribution >= 0.6 is 0 Å². The highest BCUT2D eigenvalue weighted by atomic mass is 16.4. The molecular weight excluding hydrogens is 422 g/mol. The number of carbonyl (C=O) groups excluding carboxylic acids is 4. The van der Waals surface area contributed by atoms with Gasteiger partial charge in [-0.15, -0.1) is 0 Å². The van der Waals surface area contributed by atoms with Crippen LogP contribution in [0.15, 0.2) is 0 Å². The summed E-state index contributed by atoms with van der Waals surface area (Å²) in [6, 6.07) is -6.08. The van der Waals surface area contributed by atoms with E-state index in [9.17, 15) is 33.6 Å². The van der Waals surface area contributed by atoms with Gasteiger partial charge in [0.2, 0.25) is 23.6 Å². The largest absolute Gasteiger partial charge is 0.481 e. The second kappa shape index (κ2) is 12.7. The van der Waals surface area contributed by atoms with Crippen LogP contribution in [0.2, 0.25) is 0 Å². The predicted molar refractivity (Wildman–Crippen MR) is 100 cm³/mol. The smallest absolute Gasteiger partial charge is 0.325 e. The third-order valence-corrected chi connectivity index (χ3v) is 3.78. The quantitative estimate of drug-likeness (QED) is 0.127. The molecular formula is C16H25N5O10. The van der Waals surface area contributed by atoms with Crippen molar-refractivity contribution < 1.29 is 48.9 Å². The summed E-state index contributed by atoms with van der Waals surface area (Å²) >= 11 is 0. The number of hydrogen-bond acceptors (Lipinski definition) is 8. The van der Waals surface area contributed by atoms with Crippen LogP contribution in [0.3, 0.4) is 0 Å². The summed E-state index contributed by atoms with van der Waals surface area (Å²) in [5.41, 5.74) is 10.4. The summed E-state index contributed by atoms with van der Waals surface area (Å²) in [7, 11) is 0. The number of nitrogens with one attached hydrogen (secondary N) is 3. The summed E-state index contributed by atoms with van der Waals surface area (Å²) in [6.07, 6.45) is -2.52. The Labute approximate surface area is 175 Å². The van der Waals surface area contributed by atoms with Crippen molar-refractivity contribution in [3.8, 4) is 0 Å². The highest BCUT2D eigenvalue weighted by Gasteiger charge is 2.31. The molecule has 31 heavy (non-hydrogen) atoms. The van der Waals surface area contributed by atoms with Gasteiger partial charge < -0.3 is 42.7 Å². The van der Waals surface area contributed by atoms with Gasteiger partial charge in [-0.05, 0) is 13.3 Å². The minimum absolute atomic E-state index is 0.436. The molecule has 15 nitrogen and oxygen atoms in total. The van der Waals surface area contributed by atoms with Gasteiger partial charge in [0.05, 0.1) is 18.9 Å². The van der Waals surface area contributed by atoms with E-state index >= 15 is 0 Å². The van der Waals surface area contributed by atoms with Crippen molar-refractivity contribution in [3.63, 3.8) is 0 Å². The fraction of sp³-hybridized carbons (Fsp3) is 0.562. The number of primary amides is 1. The van der Waals surface area contributed by atoms with Crippen molar-refractivity contribution in [1.82, 2.24) is 16.0 Å². The fourth-order valence-corrected chi connectivity index (χ4v) is 2.15. The first-order valence-electron chi connectivity index (χ1n) is 8.86. The maximum atomic E-state index is 12.5. The molecule has 0 fully saturated rings. The topological polar surface area (TPSA) is 268 Å². The first-order valence-corrected chi connectivity index (χ1v) is 8.86. The van der Waals surface area contributed by atoms with Crippen LogP contribution in [0.4, 0.5) is 0 Å². The Kier molecular flexibility index (Phi) is 11.2. The number of nitrogens with two attached hydrogens (primary N) is 2. The fourth-order valence-electron chi connectivity index (χ4n) is 2.15. The zero-order valence-corrected chi connectivity index (χ0v) is 16.5. The van der Waals surface area contributed by atoms with Crippen molar-refractivity contribution in [2.24, 2.45) is 11.5 Å². The monoisotopic (exact) mass is 447 g/mol. The Morgan fingerprint density at radius 2 is 1.29 bits per heavy atom. The minimum Gasteiger partial charge on any atom is -0.481 e. The van der Waals surface area contributed by atoms with Crippen molar-refractivity contribution in [3.05, 3.63) is 0 Å². The standard InChI is InChI=1S/C16H25N5O10/c1-6(16(30)31)19-14(28)8(2-3-11(23)24)20-15(29)9(5-10(18)22)21-13(27)7(17)4-12(25)26/h6-9H,2-5,17H2,1H3,(H2,18,22)(H,19,28)(H,20,29)(H,21,27)(H,23,24)(H,25,26)(H,30,31). The third-order valence-electron chi connectivity index (χ3n) is 3.78. The van der Waals surface area contributed by atoms with Gasteiger partial charge in [-0.25, -0.2) is 0 Å². The number of hydrogen-bond donors (Lipinski definition) is 8. The number of carboxylic acid groups (broad SMARTS) is 3. The van der Waals surface area contributed by atoms with E-state index in [2.05, 4.69) is 10.6 Å². The molecule has 0 aromatic carbocycles. The van der Waals surface area contributed by atoms with Gasteiger partial charge >= 0.3 is 17.9 Å². The van der Waals surface area contributed by atoms with Gasteiger partial charge in [0.15, 0.2) is 0 Å². The predicted octanol–water partition coefficient (Wildman–Crippen LogP) is -3.91. The molecule has 174 valence electrons. The van der Waals surface area contributed by atoms with E-state index in [1.165, 1.54) is 0 Å². The van der Waals surface area contributed by atoms with Crippen molar-refractivity contribution in [2.45, 2.75) is 56.8 Å². The minimum atomic E-state index is -1.65. The van der Waals surface area contributed by atoms with Crippen LogP contribution in [0.25, 0.3) is 0 Å². The van der Waals surface area contributed by atoms with Gasteiger partial charge in [0, 0.05) is 6.42 Å². The number of aliphatic carboxylic acids is 3. The van der Waals surface area contributed by atoms with Gasteiger partial charge in [0.25, 0.3) is 0 Å². The number of amides is 4. The second-order valence-electron chi connectivity index (χ2n) is 6.50. The van der Waals surface area contributed by atoms with Gasteiger partial charge in [-0.2, -0.15) is 0 Å². The molecule has 0 aliphatic heterocycles. The van der Waals surface area contributed by atoms with Crippen LogP contribution < -0.4 is 27.4 Å². The molecule has 0 aliphatic rings. The molecule has 4 amide bonds. The van der Waals surface area contributed by atoms with Crippen LogP contribution in [0.5, 0.6) is 0 Å². The molecule has 0 rings (SSSR count). The third kappa shape index (κ3) is 11.1. The number of carbonyl (C=O) groups is 7. The van der Waals surface area contributed by atoms with Crippen LogP contribution in [-0.2, 0) is 33.6 Å². The molecule has 0 radical (unpaired) electrons. The van der Waals surface area contributed by atoms with E-state index in [-0.39, 0.29) is 0 Å². The number of carboxylic acids is 3. The highest BCUT2D eigenvalue weighted by Crippen LogP contribution is 2.03. The Balaban J connectivity index is 5.44. The zero-order valence-electron chi connectivity index (χ0n) is 16.5. The molecule has 10 N–H and O–H groups in total. The average molecular weight is 447 g/mol. The van der Waals surface area contributed by atoms with E-state index in [0.717, 1.165) is 6.92 Å². The lowest BCUT2D eigenvalue weighted by Crippen LogP contribution is -2.57. The Morgan fingerprint density at radius 3 is 1.74 bits per heavy atom. The molecule has 0 aliphatic carbocycles. The molecule has 4 atom stereocenters. The van der Waals surface area contributed by atoms with Crippen LogP contribution in [-0.4, -0.2) is 81.0 Å². The summed E-state index contributed by atoms with van der Waals surface area (Å²) < 4.78 is 0. The van der Waals surface area contributed by atoms with E-state index in [0.29, 0.717) is 0 Å². The Hall–Kier alpha value is -3.75. The normalized spacial score (nSPS) is 14.3. The highest BCUT2D eigenvalue weighted by molar-refractivity contribution is 5.96. The lowest BCUT2D eigenvalue weighted by Gasteiger charge is -2.23. The molecule has 0 aromatic rings. The number of rotatable bonds is 14. The lowest BCUT2D eigenvalue weighted by atomic mass is 10.1. The lowest BCUT2D eigenvalue weighted by molar-refractivity contribution is -0.142. The SMILES string of the molecule is CC(NC(=O)C(CCC(=O)O)NC(=O)C(CC(N)=O)NC(=O)C(N)CC(=O)O)C(=O)O. The Bertz CT molecular complexity index is 740. The van der Waals surface area contributed by atoms with E-state index in [1.807, 2.05) is 5.32 Å². The van der Waals surface area contributed by atoms with Crippen molar-refractivity contribution in [2.75, 3.05) is 0 Å². The van der Waals surface area contributed by atoms with Crippen molar-refractivity contribution >= 4 is 41.5 Å². The molecule has 0 heterocycles. The van der Waals surface area contributed by atoms with Crippen LogP contribution in [0.1, 0.15) is 32.6 Å². The van der Waals surface area contributed by atoms with Crippen molar-refractivity contribution in [1.29, 1.82) is 0 Å². The first kappa shape index (κ1) is 27.2. The summed E-state index contributed by atoms with van der Waals surface area (Å²) in [5.74, 6) is -8.34. The maximum absolute atomic E-state index is 12.5. The molecule has 0 saturated carbocycles. The van der Waals surface area contributed by atoms with Crippen LogP contribution in [0, 0.1) is 0 Å². The molecule has 4 unspecified atom stereocenters. The second-order valence-corrected chi connectivity index (χ2v) is 6.50. The van der Waals surface area contributed by atoms with Gasteiger partial charge in [-0.1, -0.05) is 0 Å². The summed E-state index contributed by atoms with van der Waals surface area (Å²) in [6.45, 7) is 1.14. The molecule has 0 spiro atoms. The summed E-state index contributed by atoms with van der Waals surface area (Å²) in [4.78, 5) is 80.3. The van der Waals surface area contributed by atoms with E-state index in [1.54, 1.807) is 0 Å². The molecule has 0 bridgehead atoms. The molecule has 0 aromatic heterocycles. The van der Waals surface area contributed by atoms with Gasteiger partial charge in [0.1, 0.15) is 18.1 Å². The van der Waals surface area contributed by atoms with Gasteiger partial charge in [-0.3, -0.25) is 33.6 Å².